The molecule has 0 aromatic heterocycles. The van der Waals surface area contributed by atoms with Crippen LogP contribution in [0.15, 0.2) is 12.1 Å². The Morgan fingerprint density at radius 3 is 2.00 bits per heavy atom. The maximum atomic E-state index is 12.3. The number of hydrogen-bond acceptors (Lipinski definition) is 6. The molecule has 1 heterocycles. The summed E-state index contributed by atoms with van der Waals surface area (Å²) >= 11 is 0. The van der Waals surface area contributed by atoms with Crippen molar-refractivity contribution >= 4 is 17.7 Å². The van der Waals surface area contributed by atoms with E-state index in [0.29, 0.717) is 12.2 Å². The zero-order valence-corrected chi connectivity index (χ0v) is 13.0. The minimum Gasteiger partial charge on any atom is -0.493 e. The molecule has 1 aliphatic rings. The lowest BCUT2D eigenvalue weighted by molar-refractivity contribution is -0.154. The van der Waals surface area contributed by atoms with Crippen molar-refractivity contribution < 1.29 is 33.7 Å². The highest BCUT2D eigenvalue weighted by Gasteiger charge is 2.40. The van der Waals surface area contributed by atoms with Gasteiger partial charge in [0.15, 0.2) is 11.5 Å². The SMILES string of the molecule is COc1cc(C(=O)C(=O)N2CCC2C(=O)O)cc(OC)c1OC. The molecule has 1 N–H and O–H groups in total. The molecule has 2 rings (SSSR count). The summed E-state index contributed by atoms with van der Waals surface area (Å²) in [6.45, 7) is 0.242. The summed E-state index contributed by atoms with van der Waals surface area (Å²) in [6, 6.07) is 1.77. The Morgan fingerprint density at radius 1 is 1.09 bits per heavy atom. The van der Waals surface area contributed by atoms with Crippen LogP contribution in [-0.4, -0.2) is 61.6 Å². The van der Waals surface area contributed by atoms with Gasteiger partial charge in [0.2, 0.25) is 5.75 Å². The van der Waals surface area contributed by atoms with Crippen molar-refractivity contribution in [3.05, 3.63) is 17.7 Å². The van der Waals surface area contributed by atoms with Gasteiger partial charge in [-0.1, -0.05) is 0 Å². The van der Waals surface area contributed by atoms with Gasteiger partial charge in [-0.25, -0.2) is 4.79 Å². The molecule has 0 bridgehead atoms. The van der Waals surface area contributed by atoms with E-state index in [9.17, 15) is 14.4 Å². The van der Waals surface area contributed by atoms with E-state index in [1.54, 1.807) is 0 Å². The number of carbonyl (C=O) groups is 3. The second-order valence-electron chi connectivity index (χ2n) is 4.88. The molecule has 0 radical (unpaired) electrons. The van der Waals surface area contributed by atoms with Gasteiger partial charge in [-0.15, -0.1) is 0 Å². The van der Waals surface area contributed by atoms with Crippen molar-refractivity contribution in [2.24, 2.45) is 0 Å². The lowest BCUT2D eigenvalue weighted by atomic mass is 10.0. The molecule has 1 fully saturated rings. The predicted molar refractivity (Wildman–Crippen MR) is 78.2 cm³/mol. The van der Waals surface area contributed by atoms with Gasteiger partial charge in [-0.3, -0.25) is 9.59 Å². The molecule has 0 spiro atoms. The predicted octanol–water partition coefficient (Wildman–Crippen LogP) is 0.581. The van der Waals surface area contributed by atoms with Crippen LogP contribution in [0, 0.1) is 0 Å². The number of nitrogens with zero attached hydrogens (tertiary/aromatic N) is 1. The number of ketones is 1. The fraction of sp³-hybridized carbons (Fsp3) is 0.400. The van der Waals surface area contributed by atoms with Gasteiger partial charge in [-0.2, -0.15) is 0 Å². The van der Waals surface area contributed by atoms with Crippen LogP contribution in [0.25, 0.3) is 0 Å². The molecule has 8 nitrogen and oxygen atoms in total. The molecule has 1 aromatic carbocycles. The topological polar surface area (TPSA) is 102 Å². The molecule has 0 saturated carbocycles. The second kappa shape index (κ2) is 6.55. The monoisotopic (exact) mass is 323 g/mol. The molecule has 124 valence electrons. The van der Waals surface area contributed by atoms with Gasteiger partial charge in [0.1, 0.15) is 6.04 Å². The number of carboxylic acid groups (broad SMARTS) is 1. The molecule has 1 aliphatic heterocycles. The fourth-order valence-corrected chi connectivity index (χ4v) is 2.35. The lowest BCUT2D eigenvalue weighted by Crippen LogP contribution is -2.57. The molecule has 1 atom stereocenters. The van der Waals surface area contributed by atoms with Gasteiger partial charge in [0, 0.05) is 12.1 Å². The van der Waals surface area contributed by atoms with Crippen LogP contribution >= 0.6 is 0 Å². The van der Waals surface area contributed by atoms with Crippen LogP contribution in [0.3, 0.4) is 0 Å². The number of carbonyl (C=O) groups excluding carboxylic acids is 2. The molecular formula is C15H17NO7. The number of methoxy groups -OCH3 is 3. The number of likely N-dealkylation sites (tertiary alicyclic amines) is 1. The number of hydrogen-bond donors (Lipinski definition) is 1. The Kier molecular flexibility index (Phi) is 4.73. The van der Waals surface area contributed by atoms with E-state index in [0.717, 1.165) is 4.90 Å². The molecular weight excluding hydrogens is 306 g/mol. The smallest absolute Gasteiger partial charge is 0.326 e. The van der Waals surface area contributed by atoms with Crippen molar-refractivity contribution in [1.82, 2.24) is 4.90 Å². The largest absolute Gasteiger partial charge is 0.493 e. The number of ether oxygens (including phenoxy) is 3. The first-order valence-corrected chi connectivity index (χ1v) is 6.82. The summed E-state index contributed by atoms with van der Waals surface area (Å²) in [7, 11) is 4.21. The highest BCUT2D eigenvalue weighted by atomic mass is 16.5. The van der Waals surface area contributed by atoms with E-state index in [1.165, 1.54) is 33.5 Å². The zero-order valence-electron chi connectivity index (χ0n) is 13.0. The van der Waals surface area contributed by atoms with Crippen LogP contribution in [0.4, 0.5) is 0 Å². The van der Waals surface area contributed by atoms with Crippen LogP contribution in [0.1, 0.15) is 16.8 Å². The maximum absolute atomic E-state index is 12.3. The summed E-state index contributed by atoms with van der Waals surface area (Å²) in [5.74, 6) is -2.04. The summed E-state index contributed by atoms with van der Waals surface area (Å²) in [6.07, 6.45) is 0.337. The van der Waals surface area contributed by atoms with Crippen LogP contribution in [-0.2, 0) is 9.59 Å². The first-order chi connectivity index (χ1) is 10.9. The van der Waals surface area contributed by atoms with E-state index < -0.39 is 23.7 Å². The quantitative estimate of drug-likeness (QED) is 0.603. The molecule has 1 aromatic rings. The molecule has 1 unspecified atom stereocenters. The highest BCUT2D eigenvalue weighted by Crippen LogP contribution is 2.38. The molecule has 8 heteroatoms. The third kappa shape index (κ3) is 2.92. The lowest BCUT2D eigenvalue weighted by Gasteiger charge is -2.37. The Labute approximate surface area is 132 Å². The third-order valence-electron chi connectivity index (χ3n) is 3.69. The van der Waals surface area contributed by atoms with E-state index in [1.807, 2.05) is 0 Å². The Bertz CT molecular complexity index is 630. The molecule has 23 heavy (non-hydrogen) atoms. The molecule has 1 saturated heterocycles. The number of aliphatic carboxylic acids is 1. The van der Waals surface area contributed by atoms with Crippen molar-refractivity contribution in [2.45, 2.75) is 12.5 Å². The number of rotatable bonds is 6. The van der Waals surface area contributed by atoms with E-state index in [4.69, 9.17) is 19.3 Å². The van der Waals surface area contributed by atoms with Gasteiger partial charge in [0.05, 0.1) is 21.3 Å². The number of Topliss-reactive ketones (excluding diaryl/α,β-unsaturated/α-hetero) is 1. The number of benzene rings is 1. The van der Waals surface area contributed by atoms with Gasteiger partial charge in [-0.05, 0) is 18.6 Å². The van der Waals surface area contributed by atoms with E-state index in [2.05, 4.69) is 0 Å². The molecule has 1 amide bonds. The zero-order chi connectivity index (χ0) is 17.1. The molecule has 0 aliphatic carbocycles. The van der Waals surface area contributed by atoms with Gasteiger partial charge >= 0.3 is 5.97 Å². The summed E-state index contributed by atoms with van der Waals surface area (Å²) in [4.78, 5) is 36.6. The number of carboxylic acids is 1. The third-order valence-corrected chi connectivity index (χ3v) is 3.69. The first kappa shape index (κ1) is 16.6. The fourth-order valence-electron chi connectivity index (χ4n) is 2.35. The van der Waals surface area contributed by atoms with Gasteiger partial charge < -0.3 is 24.2 Å². The van der Waals surface area contributed by atoms with Crippen LogP contribution < -0.4 is 14.2 Å². The maximum Gasteiger partial charge on any atom is 0.326 e. The second-order valence-corrected chi connectivity index (χ2v) is 4.88. The van der Waals surface area contributed by atoms with Crippen LogP contribution in [0.2, 0.25) is 0 Å². The average Bonchev–Trinajstić information content (AvgIpc) is 2.50. The Balaban J connectivity index is 2.32. The van der Waals surface area contributed by atoms with Crippen molar-refractivity contribution in [3.63, 3.8) is 0 Å². The summed E-state index contributed by atoms with van der Waals surface area (Å²) in [5.41, 5.74) is 0.0422. The van der Waals surface area contributed by atoms with Crippen molar-refractivity contribution in [2.75, 3.05) is 27.9 Å². The Hall–Kier alpha value is -2.77. The van der Waals surface area contributed by atoms with Crippen LogP contribution in [0.5, 0.6) is 17.2 Å². The van der Waals surface area contributed by atoms with E-state index >= 15 is 0 Å². The first-order valence-electron chi connectivity index (χ1n) is 6.82. The highest BCUT2D eigenvalue weighted by molar-refractivity contribution is 6.43. The normalized spacial score (nSPS) is 16.3. The standard InChI is InChI=1S/C15H17NO7/c1-21-10-6-8(7-11(22-2)13(10)23-3)12(17)14(18)16-5-4-9(16)15(19)20/h6-7,9H,4-5H2,1-3H3,(H,19,20). The summed E-state index contributed by atoms with van der Waals surface area (Å²) in [5, 5.41) is 8.98. The summed E-state index contributed by atoms with van der Waals surface area (Å²) < 4.78 is 15.4. The Morgan fingerprint density at radius 2 is 1.65 bits per heavy atom. The van der Waals surface area contributed by atoms with Crippen molar-refractivity contribution in [1.29, 1.82) is 0 Å². The van der Waals surface area contributed by atoms with E-state index in [-0.39, 0.29) is 23.6 Å². The minimum absolute atomic E-state index is 0.0422. The number of amides is 1. The van der Waals surface area contributed by atoms with Crippen molar-refractivity contribution in [3.8, 4) is 17.2 Å². The average molecular weight is 323 g/mol. The van der Waals surface area contributed by atoms with Gasteiger partial charge in [0.25, 0.3) is 11.7 Å². The minimum atomic E-state index is -1.12.